The van der Waals surface area contributed by atoms with Crippen LogP contribution in [0.1, 0.15) is 58.7 Å². The summed E-state index contributed by atoms with van der Waals surface area (Å²) in [5.74, 6) is -1.39. The molecule has 0 aromatic heterocycles. The summed E-state index contributed by atoms with van der Waals surface area (Å²) in [7, 11) is 0. The number of ether oxygens (including phenoxy) is 1. The number of phenols is 1. The topological polar surface area (TPSA) is 132 Å². The largest absolute Gasteiger partial charge is 0.507 e. The van der Waals surface area contributed by atoms with Crippen molar-refractivity contribution in [2.24, 2.45) is 0 Å². The van der Waals surface area contributed by atoms with Gasteiger partial charge in [-0.3, -0.25) is 9.59 Å². The summed E-state index contributed by atoms with van der Waals surface area (Å²) in [6.45, 7) is 11.1. The quantitative estimate of drug-likeness (QED) is 0.592. The van der Waals surface area contributed by atoms with Crippen LogP contribution >= 0.6 is 0 Å². The summed E-state index contributed by atoms with van der Waals surface area (Å²) in [6.07, 6.45) is -0.799. The van der Waals surface area contributed by atoms with Gasteiger partial charge in [-0.1, -0.05) is 18.2 Å². The number of para-hydroxylation sites is 1. The number of aromatic hydroxyl groups is 1. The molecule has 9 heteroatoms. The van der Waals surface area contributed by atoms with Crippen LogP contribution in [0.3, 0.4) is 0 Å². The SMILES string of the molecule is Cc1cccc(C(C(=O)NC(C)(C)C)N(CC#N)C(=O)CNC(=O)OC(C)(C)C)c1O. The number of phenolic OH excluding ortho intramolecular Hbond substituents is 1. The van der Waals surface area contributed by atoms with E-state index in [0.29, 0.717) is 5.56 Å². The maximum atomic E-state index is 13.1. The summed E-state index contributed by atoms with van der Waals surface area (Å²) < 4.78 is 5.12. The zero-order valence-electron chi connectivity index (χ0n) is 19.2. The third-order valence-electron chi connectivity index (χ3n) is 3.97. The predicted octanol–water partition coefficient (Wildman–Crippen LogP) is 2.53. The van der Waals surface area contributed by atoms with E-state index in [9.17, 15) is 24.8 Å². The van der Waals surface area contributed by atoms with Crippen LogP contribution in [0.25, 0.3) is 0 Å². The van der Waals surface area contributed by atoms with Gasteiger partial charge in [0.2, 0.25) is 11.8 Å². The van der Waals surface area contributed by atoms with Gasteiger partial charge in [0.1, 0.15) is 30.5 Å². The normalized spacial score (nSPS) is 12.3. The lowest BCUT2D eigenvalue weighted by Crippen LogP contribution is -2.51. The fourth-order valence-electron chi connectivity index (χ4n) is 2.75. The minimum atomic E-state index is -1.27. The van der Waals surface area contributed by atoms with E-state index >= 15 is 0 Å². The number of aryl methyl sites for hydroxylation is 1. The second kappa shape index (κ2) is 10.2. The van der Waals surface area contributed by atoms with Gasteiger partial charge in [0.15, 0.2) is 0 Å². The Kier molecular flexibility index (Phi) is 8.44. The molecule has 0 saturated heterocycles. The van der Waals surface area contributed by atoms with Gasteiger partial charge in [0, 0.05) is 11.1 Å². The summed E-state index contributed by atoms with van der Waals surface area (Å²) in [5, 5.41) is 25.0. The number of hydrogen-bond acceptors (Lipinski definition) is 6. The zero-order chi connectivity index (χ0) is 24.0. The third kappa shape index (κ3) is 8.16. The average Bonchev–Trinajstić information content (AvgIpc) is 2.59. The molecule has 0 saturated carbocycles. The van der Waals surface area contributed by atoms with Crippen molar-refractivity contribution in [1.29, 1.82) is 5.26 Å². The first-order chi connectivity index (χ1) is 14.2. The lowest BCUT2D eigenvalue weighted by atomic mass is 9.98. The molecular weight excluding hydrogens is 400 g/mol. The van der Waals surface area contributed by atoms with Crippen LogP contribution in [0, 0.1) is 18.3 Å². The van der Waals surface area contributed by atoms with Crippen molar-refractivity contribution in [2.45, 2.75) is 65.6 Å². The molecule has 0 radical (unpaired) electrons. The van der Waals surface area contributed by atoms with E-state index in [4.69, 9.17) is 4.74 Å². The van der Waals surface area contributed by atoms with Gasteiger partial charge < -0.3 is 25.4 Å². The van der Waals surface area contributed by atoms with Crippen molar-refractivity contribution in [3.63, 3.8) is 0 Å². The Balaban J connectivity index is 3.28. The monoisotopic (exact) mass is 432 g/mol. The molecule has 3 N–H and O–H groups in total. The Morgan fingerprint density at radius 2 is 1.81 bits per heavy atom. The second-order valence-corrected chi connectivity index (χ2v) is 9.19. The Morgan fingerprint density at radius 1 is 1.19 bits per heavy atom. The Morgan fingerprint density at radius 3 is 2.32 bits per heavy atom. The molecule has 0 spiro atoms. The van der Waals surface area contributed by atoms with Gasteiger partial charge in [-0.2, -0.15) is 5.26 Å². The van der Waals surface area contributed by atoms with E-state index in [2.05, 4.69) is 10.6 Å². The summed E-state index contributed by atoms with van der Waals surface area (Å²) in [6, 6.07) is 5.44. The molecule has 1 aromatic rings. The molecule has 0 heterocycles. The molecule has 1 aromatic carbocycles. The molecule has 170 valence electrons. The van der Waals surface area contributed by atoms with Gasteiger partial charge in [0.05, 0.1) is 6.07 Å². The number of carbonyl (C=O) groups is 3. The highest BCUT2D eigenvalue weighted by Crippen LogP contribution is 2.32. The van der Waals surface area contributed by atoms with Gasteiger partial charge in [0.25, 0.3) is 0 Å². The molecule has 0 aliphatic heterocycles. The Labute approximate surface area is 183 Å². The highest BCUT2D eigenvalue weighted by atomic mass is 16.6. The second-order valence-electron chi connectivity index (χ2n) is 9.19. The van der Waals surface area contributed by atoms with Crippen molar-refractivity contribution in [1.82, 2.24) is 15.5 Å². The van der Waals surface area contributed by atoms with E-state index in [1.807, 2.05) is 6.07 Å². The first kappa shape index (κ1) is 25.8. The van der Waals surface area contributed by atoms with Crippen molar-refractivity contribution in [3.8, 4) is 11.8 Å². The number of benzene rings is 1. The van der Waals surface area contributed by atoms with Gasteiger partial charge in [-0.05, 0) is 54.0 Å². The van der Waals surface area contributed by atoms with Gasteiger partial charge in [-0.15, -0.1) is 0 Å². The highest BCUT2D eigenvalue weighted by Gasteiger charge is 2.35. The number of nitrogens with one attached hydrogen (secondary N) is 2. The first-order valence-electron chi connectivity index (χ1n) is 9.90. The maximum absolute atomic E-state index is 13.1. The molecule has 0 bridgehead atoms. The molecule has 1 rings (SSSR count). The fourth-order valence-corrected chi connectivity index (χ4v) is 2.75. The molecular formula is C22H32N4O5. The van der Waals surface area contributed by atoms with Gasteiger partial charge >= 0.3 is 6.09 Å². The number of alkyl carbamates (subject to hydrolysis) is 1. The molecule has 9 nitrogen and oxygen atoms in total. The van der Waals surface area contributed by atoms with E-state index in [1.165, 1.54) is 6.07 Å². The zero-order valence-corrected chi connectivity index (χ0v) is 19.2. The third-order valence-corrected chi connectivity index (χ3v) is 3.97. The molecule has 1 unspecified atom stereocenters. The number of nitrogens with zero attached hydrogens (tertiary/aromatic N) is 2. The number of nitriles is 1. The van der Waals surface area contributed by atoms with Crippen LogP contribution in [-0.2, 0) is 14.3 Å². The van der Waals surface area contributed by atoms with E-state index in [-0.39, 0.29) is 11.3 Å². The molecule has 0 aliphatic carbocycles. The van der Waals surface area contributed by atoms with Crippen molar-refractivity contribution in [2.75, 3.05) is 13.1 Å². The molecule has 3 amide bonds. The molecule has 31 heavy (non-hydrogen) atoms. The van der Waals surface area contributed by atoms with Crippen LogP contribution in [0.5, 0.6) is 5.75 Å². The minimum absolute atomic E-state index is 0.146. The van der Waals surface area contributed by atoms with Crippen LogP contribution in [0.2, 0.25) is 0 Å². The van der Waals surface area contributed by atoms with Crippen LogP contribution in [0.4, 0.5) is 4.79 Å². The summed E-state index contributed by atoms with van der Waals surface area (Å²) in [4.78, 5) is 39.0. The highest BCUT2D eigenvalue weighted by molar-refractivity contribution is 5.91. The van der Waals surface area contributed by atoms with E-state index < -0.39 is 48.2 Å². The van der Waals surface area contributed by atoms with Crippen LogP contribution in [-0.4, -0.2) is 52.1 Å². The van der Waals surface area contributed by atoms with Crippen LogP contribution in [0.15, 0.2) is 18.2 Å². The molecule has 0 fully saturated rings. The average molecular weight is 433 g/mol. The minimum Gasteiger partial charge on any atom is -0.507 e. The number of rotatable bonds is 6. The van der Waals surface area contributed by atoms with Crippen LogP contribution < -0.4 is 10.6 Å². The number of hydrogen-bond donors (Lipinski definition) is 3. The standard InChI is InChI=1S/C22H32N4O5/c1-14-9-8-10-15(18(14)28)17(19(29)25-21(2,3)4)26(12-11-23)16(27)13-24-20(30)31-22(5,6)7/h8-10,17,28H,12-13H2,1-7H3,(H,24,30)(H,25,29). The molecule has 1 atom stereocenters. The van der Waals surface area contributed by atoms with Gasteiger partial charge in [-0.25, -0.2) is 4.79 Å². The van der Waals surface area contributed by atoms with E-state index in [1.54, 1.807) is 60.6 Å². The summed E-state index contributed by atoms with van der Waals surface area (Å²) in [5.41, 5.74) is -0.669. The lowest BCUT2D eigenvalue weighted by Gasteiger charge is -2.32. The number of amides is 3. The number of carbonyl (C=O) groups excluding carboxylic acids is 3. The fraction of sp³-hybridized carbons (Fsp3) is 0.545. The molecule has 0 aliphatic rings. The lowest BCUT2D eigenvalue weighted by molar-refractivity contribution is -0.140. The smallest absolute Gasteiger partial charge is 0.408 e. The summed E-state index contributed by atoms with van der Waals surface area (Å²) >= 11 is 0. The van der Waals surface area contributed by atoms with E-state index in [0.717, 1.165) is 4.90 Å². The van der Waals surface area contributed by atoms with Crippen molar-refractivity contribution in [3.05, 3.63) is 29.3 Å². The predicted molar refractivity (Wildman–Crippen MR) is 115 cm³/mol. The first-order valence-corrected chi connectivity index (χ1v) is 9.90. The van der Waals surface area contributed by atoms with Crippen molar-refractivity contribution < 1.29 is 24.2 Å². The maximum Gasteiger partial charge on any atom is 0.408 e. The Hall–Kier alpha value is -3.28. The Bertz CT molecular complexity index is 862. The van der Waals surface area contributed by atoms with Crippen molar-refractivity contribution >= 4 is 17.9 Å².